The number of halogens is 1. The third kappa shape index (κ3) is 3.30. The van der Waals surface area contributed by atoms with Crippen LogP contribution in [0.1, 0.15) is 43.9 Å². The highest BCUT2D eigenvalue weighted by Crippen LogP contribution is 2.43. The quantitative estimate of drug-likeness (QED) is 0.500. The lowest BCUT2D eigenvalue weighted by Gasteiger charge is -2.22. The van der Waals surface area contributed by atoms with Crippen molar-refractivity contribution in [2.24, 2.45) is 0 Å². The molecular formula is C22H23I. The number of rotatable bonds is 3. The highest BCUT2D eigenvalue weighted by molar-refractivity contribution is 14.1. The van der Waals surface area contributed by atoms with Crippen LogP contribution in [0.25, 0.3) is 5.57 Å². The van der Waals surface area contributed by atoms with Gasteiger partial charge < -0.3 is 0 Å². The third-order valence-corrected chi connectivity index (χ3v) is 5.52. The fourth-order valence-corrected chi connectivity index (χ4v) is 3.78. The maximum absolute atomic E-state index is 2.42. The normalized spacial score (nSPS) is 18.3. The lowest BCUT2D eigenvalue weighted by molar-refractivity contribution is 0.644. The van der Waals surface area contributed by atoms with Crippen molar-refractivity contribution in [2.75, 3.05) is 0 Å². The highest BCUT2D eigenvalue weighted by Gasteiger charge is 2.34. The maximum atomic E-state index is 2.42. The summed E-state index contributed by atoms with van der Waals surface area (Å²) < 4.78 is 1.28. The zero-order chi connectivity index (χ0) is 16.4. The molecule has 3 rings (SSSR count). The molecule has 2 aromatic rings. The van der Waals surface area contributed by atoms with Gasteiger partial charge in [-0.25, -0.2) is 0 Å². The van der Waals surface area contributed by atoms with Crippen LogP contribution in [0.2, 0.25) is 0 Å². The van der Waals surface area contributed by atoms with Gasteiger partial charge in [0, 0.05) is 8.99 Å². The molecule has 2 aromatic carbocycles. The molecule has 0 amide bonds. The smallest absolute Gasteiger partial charge is 0.0130 e. The van der Waals surface area contributed by atoms with Gasteiger partial charge in [-0.1, -0.05) is 74.9 Å². The van der Waals surface area contributed by atoms with Gasteiger partial charge in [0.25, 0.3) is 0 Å². The first kappa shape index (κ1) is 16.5. The molecule has 1 aliphatic carbocycles. The second-order valence-electron chi connectivity index (χ2n) is 6.70. The first-order valence-corrected chi connectivity index (χ1v) is 9.35. The molecular weight excluding hydrogens is 391 g/mol. The second-order valence-corrected chi connectivity index (χ2v) is 7.95. The number of hydrogen-bond acceptors (Lipinski definition) is 0. The van der Waals surface area contributed by atoms with Crippen molar-refractivity contribution in [3.8, 4) is 0 Å². The number of benzene rings is 2. The summed E-state index contributed by atoms with van der Waals surface area (Å²) >= 11 is 2.36. The standard InChI is InChI=1S/C22H23I/c1-4-7-17(16-10-12-20(23)13-11-16)14-19-15-18-8-5-6-9-21(18)22(19,2)3/h5-14H,4,15H2,1-3H3/b17-7+,19-14+. The zero-order valence-corrected chi connectivity index (χ0v) is 16.2. The van der Waals surface area contributed by atoms with Gasteiger partial charge in [-0.3, -0.25) is 0 Å². The van der Waals surface area contributed by atoms with E-state index < -0.39 is 0 Å². The Morgan fingerprint density at radius 1 is 1.09 bits per heavy atom. The topological polar surface area (TPSA) is 0 Å². The van der Waals surface area contributed by atoms with E-state index >= 15 is 0 Å². The van der Waals surface area contributed by atoms with Crippen LogP contribution in [-0.2, 0) is 11.8 Å². The molecule has 0 saturated carbocycles. The van der Waals surface area contributed by atoms with Crippen molar-refractivity contribution in [1.82, 2.24) is 0 Å². The van der Waals surface area contributed by atoms with Crippen LogP contribution >= 0.6 is 22.6 Å². The van der Waals surface area contributed by atoms with E-state index in [1.165, 1.54) is 31.4 Å². The van der Waals surface area contributed by atoms with Crippen molar-refractivity contribution >= 4 is 28.2 Å². The molecule has 0 atom stereocenters. The fourth-order valence-electron chi connectivity index (χ4n) is 3.42. The van der Waals surface area contributed by atoms with E-state index in [2.05, 4.69) is 104 Å². The molecule has 0 nitrogen and oxygen atoms in total. The third-order valence-electron chi connectivity index (χ3n) is 4.81. The average Bonchev–Trinajstić information content (AvgIpc) is 2.79. The monoisotopic (exact) mass is 414 g/mol. The summed E-state index contributed by atoms with van der Waals surface area (Å²) in [6, 6.07) is 17.7. The molecule has 0 saturated heterocycles. The molecule has 118 valence electrons. The number of fused-ring (bicyclic) bond motifs is 1. The van der Waals surface area contributed by atoms with Crippen LogP contribution in [0.15, 0.2) is 66.3 Å². The van der Waals surface area contributed by atoms with E-state index in [4.69, 9.17) is 0 Å². The molecule has 0 fully saturated rings. The Bertz CT molecular complexity index is 761. The largest absolute Gasteiger partial charge is 0.0769 e. The van der Waals surface area contributed by atoms with Gasteiger partial charge in [0.2, 0.25) is 0 Å². The minimum atomic E-state index is 0.118. The van der Waals surface area contributed by atoms with Crippen molar-refractivity contribution in [3.63, 3.8) is 0 Å². The van der Waals surface area contributed by atoms with Gasteiger partial charge in [0.05, 0.1) is 0 Å². The predicted molar refractivity (Wildman–Crippen MR) is 109 cm³/mol. The van der Waals surface area contributed by atoms with Crippen LogP contribution < -0.4 is 0 Å². The van der Waals surface area contributed by atoms with Crippen molar-refractivity contribution < 1.29 is 0 Å². The molecule has 23 heavy (non-hydrogen) atoms. The average molecular weight is 414 g/mol. The summed E-state index contributed by atoms with van der Waals surface area (Å²) in [6.45, 7) is 6.91. The van der Waals surface area contributed by atoms with E-state index in [0.29, 0.717) is 0 Å². The molecule has 0 radical (unpaired) electrons. The van der Waals surface area contributed by atoms with E-state index in [-0.39, 0.29) is 5.41 Å². The van der Waals surface area contributed by atoms with E-state index in [0.717, 1.165) is 12.8 Å². The summed E-state index contributed by atoms with van der Waals surface area (Å²) in [4.78, 5) is 0. The minimum Gasteiger partial charge on any atom is -0.0769 e. The Morgan fingerprint density at radius 2 is 1.78 bits per heavy atom. The summed E-state index contributed by atoms with van der Waals surface area (Å²) in [7, 11) is 0. The van der Waals surface area contributed by atoms with Crippen LogP contribution in [0.3, 0.4) is 0 Å². The zero-order valence-electron chi connectivity index (χ0n) is 14.1. The molecule has 0 N–H and O–H groups in total. The predicted octanol–water partition coefficient (Wildman–Crippen LogP) is 6.54. The SMILES string of the molecule is CC/C=C(\C=C1/Cc2ccccc2C1(C)C)c1ccc(I)cc1. The lowest BCUT2D eigenvalue weighted by atomic mass is 9.81. The van der Waals surface area contributed by atoms with Crippen LogP contribution in [0.4, 0.5) is 0 Å². The Morgan fingerprint density at radius 3 is 2.43 bits per heavy atom. The summed E-state index contributed by atoms with van der Waals surface area (Å²) in [5.41, 5.74) is 7.24. The maximum Gasteiger partial charge on any atom is 0.0130 e. The van der Waals surface area contributed by atoms with Gasteiger partial charge in [-0.15, -0.1) is 0 Å². The fraction of sp³-hybridized carbons (Fsp3) is 0.273. The molecule has 1 heteroatoms. The van der Waals surface area contributed by atoms with Crippen LogP contribution in [0, 0.1) is 3.57 Å². The first-order valence-electron chi connectivity index (χ1n) is 8.28. The summed E-state index contributed by atoms with van der Waals surface area (Å²) in [5.74, 6) is 0. The molecule has 0 bridgehead atoms. The van der Waals surface area contributed by atoms with Gasteiger partial charge in [-0.05, 0) is 69.8 Å². The lowest BCUT2D eigenvalue weighted by Crippen LogP contribution is -2.15. The van der Waals surface area contributed by atoms with Crippen molar-refractivity contribution in [1.29, 1.82) is 0 Å². The van der Waals surface area contributed by atoms with E-state index in [1.807, 2.05) is 0 Å². The number of allylic oxidation sites excluding steroid dienone is 4. The van der Waals surface area contributed by atoms with Gasteiger partial charge in [-0.2, -0.15) is 0 Å². The Balaban J connectivity index is 2.02. The number of hydrogen-bond donors (Lipinski definition) is 0. The Hall–Kier alpha value is -1.35. The van der Waals surface area contributed by atoms with Crippen LogP contribution in [-0.4, -0.2) is 0 Å². The van der Waals surface area contributed by atoms with E-state index in [1.54, 1.807) is 0 Å². The highest BCUT2D eigenvalue weighted by atomic mass is 127. The van der Waals surface area contributed by atoms with E-state index in [9.17, 15) is 0 Å². The minimum absolute atomic E-state index is 0.118. The molecule has 0 unspecified atom stereocenters. The summed E-state index contributed by atoms with van der Waals surface area (Å²) in [5, 5.41) is 0. The molecule has 0 spiro atoms. The Labute approximate surface area is 153 Å². The van der Waals surface area contributed by atoms with Crippen molar-refractivity contribution in [2.45, 2.75) is 39.0 Å². The Kier molecular flexibility index (Phi) is 4.77. The molecule has 0 aliphatic heterocycles. The van der Waals surface area contributed by atoms with Gasteiger partial charge >= 0.3 is 0 Å². The van der Waals surface area contributed by atoms with Crippen LogP contribution in [0.5, 0.6) is 0 Å². The summed E-state index contributed by atoms with van der Waals surface area (Å²) in [6.07, 6.45) is 6.88. The van der Waals surface area contributed by atoms with Gasteiger partial charge in [0.1, 0.15) is 0 Å². The molecule has 0 heterocycles. The van der Waals surface area contributed by atoms with Gasteiger partial charge in [0.15, 0.2) is 0 Å². The molecule has 0 aromatic heterocycles. The van der Waals surface area contributed by atoms with Crippen molar-refractivity contribution in [3.05, 3.63) is 86.5 Å². The second kappa shape index (κ2) is 6.64. The molecule has 1 aliphatic rings. The first-order chi connectivity index (χ1) is 11.0.